The molecule has 158 valence electrons. The van der Waals surface area contributed by atoms with E-state index < -0.39 is 0 Å². The molecule has 0 radical (unpaired) electrons. The molecule has 3 rings (SSSR count). The van der Waals surface area contributed by atoms with Gasteiger partial charge in [0.05, 0.1) is 27.8 Å². The van der Waals surface area contributed by atoms with E-state index in [2.05, 4.69) is 10.6 Å². The molecule has 0 aliphatic heterocycles. The molecule has 1 aliphatic carbocycles. The van der Waals surface area contributed by atoms with Crippen LogP contribution in [0.5, 0.6) is 17.2 Å². The van der Waals surface area contributed by atoms with Gasteiger partial charge in [-0.1, -0.05) is 12.1 Å². The third-order valence-corrected chi connectivity index (χ3v) is 4.64. The summed E-state index contributed by atoms with van der Waals surface area (Å²) in [6.45, 7) is 0. The molecule has 7 nitrogen and oxygen atoms in total. The van der Waals surface area contributed by atoms with E-state index in [0.717, 1.165) is 24.0 Å². The maximum absolute atomic E-state index is 12.3. The second-order valence-corrected chi connectivity index (χ2v) is 7.00. The Balaban J connectivity index is 1.59. The summed E-state index contributed by atoms with van der Waals surface area (Å²) in [6.07, 6.45) is 5.57. The number of nitrogens with one attached hydrogen (secondary N) is 2. The van der Waals surface area contributed by atoms with Crippen molar-refractivity contribution in [2.45, 2.75) is 25.3 Å². The van der Waals surface area contributed by atoms with Gasteiger partial charge in [-0.25, -0.2) is 0 Å². The lowest BCUT2D eigenvalue weighted by Gasteiger charge is -2.12. The summed E-state index contributed by atoms with van der Waals surface area (Å²) in [4.78, 5) is 24.1. The van der Waals surface area contributed by atoms with Gasteiger partial charge in [-0.2, -0.15) is 0 Å². The maximum Gasteiger partial charge on any atom is 0.248 e. The van der Waals surface area contributed by atoms with E-state index in [-0.39, 0.29) is 11.8 Å². The number of methoxy groups -OCH3 is 3. The van der Waals surface area contributed by atoms with Crippen LogP contribution in [0.2, 0.25) is 0 Å². The van der Waals surface area contributed by atoms with Crippen LogP contribution in [-0.4, -0.2) is 39.2 Å². The van der Waals surface area contributed by atoms with E-state index >= 15 is 0 Å². The average Bonchev–Trinajstić information content (AvgIpc) is 3.56. The first-order valence-corrected chi connectivity index (χ1v) is 9.69. The highest BCUT2D eigenvalue weighted by Crippen LogP contribution is 2.38. The number of benzene rings is 2. The Labute approximate surface area is 176 Å². The van der Waals surface area contributed by atoms with Gasteiger partial charge in [0, 0.05) is 17.8 Å². The van der Waals surface area contributed by atoms with Gasteiger partial charge in [-0.05, 0) is 54.3 Å². The van der Waals surface area contributed by atoms with Gasteiger partial charge in [0.15, 0.2) is 11.5 Å². The van der Waals surface area contributed by atoms with Crippen molar-refractivity contribution < 1.29 is 23.8 Å². The largest absolute Gasteiger partial charge is 0.493 e. The van der Waals surface area contributed by atoms with Crippen molar-refractivity contribution in [1.29, 1.82) is 0 Å². The van der Waals surface area contributed by atoms with Gasteiger partial charge >= 0.3 is 0 Å². The van der Waals surface area contributed by atoms with Crippen molar-refractivity contribution in [1.82, 2.24) is 5.32 Å². The molecular weight excluding hydrogens is 384 g/mol. The minimum absolute atomic E-state index is 0.0302. The van der Waals surface area contributed by atoms with E-state index in [4.69, 9.17) is 14.2 Å². The zero-order valence-corrected chi connectivity index (χ0v) is 17.4. The molecule has 2 amide bonds. The second-order valence-electron chi connectivity index (χ2n) is 7.00. The Bertz CT molecular complexity index is 908. The molecule has 0 spiro atoms. The second kappa shape index (κ2) is 9.82. The first kappa shape index (κ1) is 21.2. The summed E-state index contributed by atoms with van der Waals surface area (Å²) in [5, 5.41) is 5.76. The Kier molecular flexibility index (Phi) is 6.95. The fourth-order valence-electron chi connectivity index (χ4n) is 2.95. The van der Waals surface area contributed by atoms with Crippen molar-refractivity contribution in [3.05, 3.63) is 53.6 Å². The van der Waals surface area contributed by atoms with Crippen LogP contribution in [0.25, 0.3) is 6.08 Å². The first-order valence-electron chi connectivity index (χ1n) is 9.69. The Morgan fingerprint density at radius 3 is 2.17 bits per heavy atom. The zero-order chi connectivity index (χ0) is 21.5. The molecule has 2 aromatic carbocycles. The summed E-state index contributed by atoms with van der Waals surface area (Å²) in [5.41, 5.74) is 2.29. The number of ether oxygens (including phenoxy) is 3. The number of hydrogen-bond donors (Lipinski definition) is 2. The van der Waals surface area contributed by atoms with Crippen molar-refractivity contribution in [2.75, 3.05) is 26.6 Å². The molecule has 0 unspecified atom stereocenters. The van der Waals surface area contributed by atoms with Crippen molar-refractivity contribution >= 4 is 23.6 Å². The lowest BCUT2D eigenvalue weighted by Crippen LogP contribution is -2.26. The lowest BCUT2D eigenvalue weighted by molar-refractivity contribution is -0.120. The molecule has 1 aliphatic rings. The normalized spacial score (nSPS) is 13.0. The number of anilines is 1. The topological polar surface area (TPSA) is 85.9 Å². The third kappa shape index (κ3) is 5.76. The van der Waals surface area contributed by atoms with Gasteiger partial charge < -0.3 is 24.8 Å². The van der Waals surface area contributed by atoms with E-state index in [1.807, 2.05) is 12.1 Å². The highest BCUT2D eigenvalue weighted by molar-refractivity contribution is 6.02. The van der Waals surface area contributed by atoms with Crippen LogP contribution in [-0.2, 0) is 16.0 Å². The Morgan fingerprint density at radius 2 is 1.63 bits per heavy atom. The third-order valence-electron chi connectivity index (χ3n) is 4.64. The van der Waals surface area contributed by atoms with Gasteiger partial charge in [0.1, 0.15) is 0 Å². The number of amides is 2. The molecule has 30 heavy (non-hydrogen) atoms. The van der Waals surface area contributed by atoms with E-state index in [1.165, 1.54) is 27.4 Å². The van der Waals surface area contributed by atoms with Gasteiger partial charge in [0.2, 0.25) is 17.6 Å². The van der Waals surface area contributed by atoms with Gasteiger partial charge in [-0.3, -0.25) is 9.59 Å². The number of hydrogen-bond acceptors (Lipinski definition) is 5. The van der Waals surface area contributed by atoms with Crippen molar-refractivity contribution in [3.63, 3.8) is 0 Å². The van der Waals surface area contributed by atoms with Crippen LogP contribution >= 0.6 is 0 Å². The fourth-order valence-corrected chi connectivity index (χ4v) is 2.95. The fraction of sp³-hybridized carbons (Fsp3) is 0.304. The zero-order valence-electron chi connectivity index (χ0n) is 17.4. The molecule has 0 saturated heterocycles. The molecule has 2 N–H and O–H groups in total. The molecule has 0 atom stereocenters. The summed E-state index contributed by atoms with van der Waals surface area (Å²) < 4.78 is 15.9. The molecule has 0 heterocycles. The van der Waals surface area contributed by atoms with Crippen LogP contribution in [0.4, 0.5) is 5.69 Å². The predicted molar refractivity (Wildman–Crippen MR) is 115 cm³/mol. The number of carbonyl (C=O) groups is 2. The van der Waals surface area contributed by atoms with Crippen molar-refractivity contribution in [3.8, 4) is 17.2 Å². The quantitative estimate of drug-likeness (QED) is 0.620. The molecule has 0 bridgehead atoms. The van der Waals surface area contributed by atoms with E-state index in [0.29, 0.717) is 35.4 Å². The molecule has 1 fully saturated rings. The lowest BCUT2D eigenvalue weighted by atomic mass is 10.1. The first-order chi connectivity index (χ1) is 14.5. The SMILES string of the molecule is COc1cc(/C=C/C(=O)Nc2ccc(CC(=O)NC3CC3)cc2)cc(OC)c1OC. The Morgan fingerprint density at radius 1 is 1.00 bits per heavy atom. The summed E-state index contributed by atoms with van der Waals surface area (Å²) in [5.74, 6) is 1.27. The molecule has 0 aromatic heterocycles. The van der Waals surface area contributed by atoms with E-state index in [9.17, 15) is 9.59 Å². The van der Waals surface area contributed by atoms with Crippen LogP contribution in [0, 0.1) is 0 Å². The van der Waals surface area contributed by atoms with Gasteiger partial charge in [0.25, 0.3) is 0 Å². The standard InChI is InChI=1S/C23H26N2O5/c1-28-19-12-16(13-20(29-2)23(19)30-3)6-11-21(26)24-17-7-4-15(5-8-17)14-22(27)25-18-9-10-18/h4-8,11-13,18H,9-10,14H2,1-3H3,(H,24,26)(H,25,27)/b11-6+. The Hall–Kier alpha value is -3.48. The van der Waals surface area contributed by atoms with Crippen LogP contribution < -0.4 is 24.8 Å². The average molecular weight is 410 g/mol. The minimum Gasteiger partial charge on any atom is -0.493 e. The maximum atomic E-state index is 12.3. The van der Waals surface area contributed by atoms with Crippen molar-refractivity contribution in [2.24, 2.45) is 0 Å². The minimum atomic E-state index is -0.275. The van der Waals surface area contributed by atoms with Crippen LogP contribution in [0.15, 0.2) is 42.5 Å². The molecule has 7 heteroatoms. The number of rotatable bonds is 9. The monoisotopic (exact) mass is 410 g/mol. The summed E-state index contributed by atoms with van der Waals surface area (Å²) >= 11 is 0. The highest BCUT2D eigenvalue weighted by atomic mass is 16.5. The smallest absolute Gasteiger partial charge is 0.248 e. The van der Waals surface area contributed by atoms with E-state index in [1.54, 1.807) is 30.3 Å². The highest BCUT2D eigenvalue weighted by Gasteiger charge is 2.23. The summed E-state index contributed by atoms with van der Waals surface area (Å²) in [6, 6.07) is 11.1. The number of carbonyl (C=O) groups excluding carboxylic acids is 2. The molecule has 1 saturated carbocycles. The summed E-state index contributed by atoms with van der Waals surface area (Å²) in [7, 11) is 4.61. The predicted octanol–water partition coefficient (Wildman–Crippen LogP) is 3.19. The molecular formula is C23H26N2O5. The van der Waals surface area contributed by atoms with Gasteiger partial charge in [-0.15, -0.1) is 0 Å². The molecule has 2 aromatic rings. The van der Waals surface area contributed by atoms with Crippen LogP contribution in [0.3, 0.4) is 0 Å². The van der Waals surface area contributed by atoms with Crippen LogP contribution in [0.1, 0.15) is 24.0 Å².